The minimum atomic E-state index is -3.94. The summed E-state index contributed by atoms with van der Waals surface area (Å²) >= 11 is 0. The first kappa shape index (κ1) is 17.9. The summed E-state index contributed by atoms with van der Waals surface area (Å²) in [6.07, 6.45) is 0.301. The minimum Gasteiger partial charge on any atom is -0.496 e. The van der Waals surface area contributed by atoms with Crippen LogP contribution in [0.1, 0.15) is 15.9 Å². The van der Waals surface area contributed by atoms with E-state index in [-0.39, 0.29) is 28.6 Å². The van der Waals surface area contributed by atoms with Gasteiger partial charge in [0.25, 0.3) is 5.91 Å². The molecular weight excluding hydrogens is 335 g/mol. The summed E-state index contributed by atoms with van der Waals surface area (Å²) in [5, 5.41) is 7.67. The molecule has 0 saturated carbocycles. The second-order valence-electron chi connectivity index (χ2n) is 5.00. The predicted molar refractivity (Wildman–Crippen MR) is 86.8 cm³/mol. The number of primary sulfonamides is 1. The van der Waals surface area contributed by atoms with Crippen molar-refractivity contribution in [2.75, 3.05) is 13.7 Å². The van der Waals surface area contributed by atoms with Crippen LogP contribution in [0.2, 0.25) is 0 Å². The Morgan fingerprint density at radius 3 is 2.58 bits per heavy atom. The first-order valence-corrected chi connectivity index (χ1v) is 8.60. The number of sulfonamides is 1. The van der Waals surface area contributed by atoms with Gasteiger partial charge in [0.15, 0.2) is 0 Å². The molecule has 0 aromatic heterocycles. The summed E-state index contributed by atoms with van der Waals surface area (Å²) in [5.74, 6) is -0.667. The van der Waals surface area contributed by atoms with E-state index < -0.39 is 15.9 Å². The lowest BCUT2D eigenvalue weighted by molar-refractivity contribution is 0.0950. The van der Waals surface area contributed by atoms with Crippen molar-refractivity contribution in [3.63, 3.8) is 0 Å². The van der Waals surface area contributed by atoms with Crippen molar-refractivity contribution < 1.29 is 22.3 Å². The summed E-state index contributed by atoms with van der Waals surface area (Å²) in [5.41, 5.74) is 0.514. The van der Waals surface area contributed by atoms with E-state index in [4.69, 9.17) is 9.88 Å². The van der Waals surface area contributed by atoms with Crippen LogP contribution < -0.4 is 15.2 Å². The SMILES string of the molecule is COc1ccc(S(N)(=O)=O)cc1C(=O)NCCc1ccccc1F. The Labute approximate surface area is 139 Å². The van der Waals surface area contributed by atoms with Gasteiger partial charge in [-0.05, 0) is 36.2 Å². The number of nitrogens with one attached hydrogen (secondary N) is 1. The molecule has 0 aliphatic rings. The second kappa shape index (κ2) is 7.41. The van der Waals surface area contributed by atoms with E-state index in [1.54, 1.807) is 18.2 Å². The van der Waals surface area contributed by atoms with E-state index in [1.807, 2.05) is 0 Å². The standard InChI is InChI=1S/C16H17FN2O4S/c1-23-15-7-6-12(24(18,21)22)10-13(15)16(20)19-9-8-11-4-2-3-5-14(11)17/h2-7,10H,8-9H2,1H3,(H,19,20)(H2,18,21,22). The summed E-state index contributed by atoms with van der Waals surface area (Å²) in [4.78, 5) is 12.1. The van der Waals surface area contributed by atoms with Gasteiger partial charge in [-0.1, -0.05) is 18.2 Å². The summed E-state index contributed by atoms with van der Waals surface area (Å²) in [7, 11) is -2.57. The first-order valence-electron chi connectivity index (χ1n) is 7.05. The van der Waals surface area contributed by atoms with Crippen LogP contribution in [0.3, 0.4) is 0 Å². The van der Waals surface area contributed by atoms with Crippen LogP contribution >= 0.6 is 0 Å². The molecule has 0 saturated heterocycles. The summed E-state index contributed by atoms with van der Waals surface area (Å²) < 4.78 is 41.4. The highest BCUT2D eigenvalue weighted by molar-refractivity contribution is 7.89. The lowest BCUT2D eigenvalue weighted by Gasteiger charge is -2.11. The number of benzene rings is 2. The Morgan fingerprint density at radius 2 is 1.96 bits per heavy atom. The molecular formula is C16H17FN2O4S. The number of ether oxygens (including phenoxy) is 1. The summed E-state index contributed by atoms with van der Waals surface area (Å²) in [6, 6.07) is 10.0. The molecule has 2 rings (SSSR count). The quantitative estimate of drug-likeness (QED) is 0.822. The van der Waals surface area contributed by atoms with E-state index in [9.17, 15) is 17.6 Å². The number of halogens is 1. The number of amides is 1. The molecule has 3 N–H and O–H groups in total. The highest BCUT2D eigenvalue weighted by atomic mass is 32.2. The van der Waals surface area contributed by atoms with E-state index >= 15 is 0 Å². The van der Waals surface area contributed by atoms with Gasteiger partial charge in [0.2, 0.25) is 10.0 Å². The molecule has 0 heterocycles. The fourth-order valence-electron chi connectivity index (χ4n) is 2.15. The monoisotopic (exact) mass is 352 g/mol. The van der Waals surface area contributed by atoms with Crippen molar-refractivity contribution in [3.8, 4) is 5.75 Å². The van der Waals surface area contributed by atoms with Crippen LogP contribution in [0.5, 0.6) is 5.75 Å². The zero-order chi connectivity index (χ0) is 17.7. The molecule has 0 spiro atoms. The molecule has 128 valence electrons. The van der Waals surface area contributed by atoms with E-state index in [0.717, 1.165) is 6.07 Å². The number of methoxy groups -OCH3 is 1. The molecule has 0 unspecified atom stereocenters. The van der Waals surface area contributed by atoms with Crippen molar-refractivity contribution >= 4 is 15.9 Å². The largest absolute Gasteiger partial charge is 0.496 e. The van der Waals surface area contributed by atoms with E-state index in [2.05, 4.69) is 5.32 Å². The van der Waals surface area contributed by atoms with Crippen LogP contribution in [0.25, 0.3) is 0 Å². The molecule has 2 aromatic carbocycles. The van der Waals surface area contributed by atoms with Gasteiger partial charge in [0.1, 0.15) is 11.6 Å². The van der Waals surface area contributed by atoms with Gasteiger partial charge < -0.3 is 10.1 Å². The Bertz CT molecular complexity index is 853. The maximum absolute atomic E-state index is 13.5. The Morgan fingerprint density at radius 1 is 1.25 bits per heavy atom. The Balaban J connectivity index is 2.13. The highest BCUT2D eigenvalue weighted by Crippen LogP contribution is 2.21. The number of rotatable bonds is 6. The molecule has 0 radical (unpaired) electrons. The summed E-state index contributed by atoms with van der Waals surface area (Å²) in [6.45, 7) is 0.183. The molecule has 24 heavy (non-hydrogen) atoms. The van der Waals surface area contributed by atoms with Crippen LogP contribution in [-0.4, -0.2) is 28.0 Å². The molecule has 0 aliphatic heterocycles. The highest BCUT2D eigenvalue weighted by Gasteiger charge is 2.17. The number of nitrogens with two attached hydrogens (primary N) is 1. The molecule has 0 bridgehead atoms. The number of carbonyl (C=O) groups excluding carboxylic acids is 1. The molecule has 8 heteroatoms. The van der Waals surface area contributed by atoms with Gasteiger partial charge in [-0.15, -0.1) is 0 Å². The zero-order valence-corrected chi connectivity index (χ0v) is 13.8. The maximum Gasteiger partial charge on any atom is 0.255 e. The predicted octanol–water partition coefficient (Wildman–Crippen LogP) is 1.45. The Kier molecular flexibility index (Phi) is 5.53. The molecule has 6 nitrogen and oxygen atoms in total. The van der Waals surface area contributed by atoms with Crippen molar-refractivity contribution in [1.29, 1.82) is 0 Å². The molecule has 0 atom stereocenters. The van der Waals surface area contributed by atoms with Crippen molar-refractivity contribution in [3.05, 3.63) is 59.4 Å². The van der Waals surface area contributed by atoms with Gasteiger partial charge in [0.05, 0.1) is 17.6 Å². The molecule has 2 aromatic rings. The van der Waals surface area contributed by atoms with Crippen molar-refractivity contribution in [1.82, 2.24) is 5.32 Å². The van der Waals surface area contributed by atoms with E-state index in [1.165, 1.54) is 25.3 Å². The van der Waals surface area contributed by atoms with Gasteiger partial charge in [-0.25, -0.2) is 17.9 Å². The average Bonchev–Trinajstić information content (AvgIpc) is 2.55. The third-order valence-electron chi connectivity index (χ3n) is 3.38. The van der Waals surface area contributed by atoms with Crippen molar-refractivity contribution in [2.45, 2.75) is 11.3 Å². The number of hydrogen-bond donors (Lipinski definition) is 2. The second-order valence-corrected chi connectivity index (χ2v) is 6.57. The number of hydrogen-bond acceptors (Lipinski definition) is 4. The van der Waals surface area contributed by atoms with Gasteiger partial charge in [0, 0.05) is 6.54 Å². The fourth-order valence-corrected chi connectivity index (χ4v) is 2.69. The number of carbonyl (C=O) groups is 1. The van der Waals surface area contributed by atoms with Crippen molar-refractivity contribution in [2.24, 2.45) is 5.14 Å². The fraction of sp³-hybridized carbons (Fsp3) is 0.188. The minimum absolute atomic E-state index is 0.0394. The molecule has 0 fully saturated rings. The van der Waals surface area contributed by atoms with Crippen LogP contribution in [-0.2, 0) is 16.4 Å². The normalized spacial score (nSPS) is 11.1. The smallest absolute Gasteiger partial charge is 0.255 e. The lowest BCUT2D eigenvalue weighted by atomic mass is 10.1. The van der Waals surface area contributed by atoms with Crippen LogP contribution in [0.4, 0.5) is 4.39 Å². The third-order valence-corrected chi connectivity index (χ3v) is 4.29. The maximum atomic E-state index is 13.5. The first-order chi connectivity index (χ1) is 11.3. The lowest BCUT2D eigenvalue weighted by Crippen LogP contribution is -2.26. The molecule has 0 aliphatic carbocycles. The zero-order valence-electron chi connectivity index (χ0n) is 13.0. The van der Waals surface area contributed by atoms with Gasteiger partial charge in [-0.2, -0.15) is 0 Å². The van der Waals surface area contributed by atoms with Crippen LogP contribution in [0.15, 0.2) is 47.4 Å². The topological polar surface area (TPSA) is 98.5 Å². The Hall–Kier alpha value is -2.45. The molecule has 1 amide bonds. The average molecular weight is 352 g/mol. The van der Waals surface area contributed by atoms with E-state index in [0.29, 0.717) is 12.0 Å². The van der Waals surface area contributed by atoms with Gasteiger partial charge in [-0.3, -0.25) is 4.79 Å². The third kappa shape index (κ3) is 4.30. The van der Waals surface area contributed by atoms with Gasteiger partial charge >= 0.3 is 0 Å². The van der Waals surface area contributed by atoms with Crippen LogP contribution in [0, 0.1) is 5.82 Å².